The molecule has 0 saturated heterocycles. The highest BCUT2D eigenvalue weighted by atomic mass is 16.5. The molecule has 0 amide bonds. The summed E-state index contributed by atoms with van der Waals surface area (Å²) in [5.74, 6) is -0.289. The second-order valence-electron chi connectivity index (χ2n) is 5.04. The lowest BCUT2D eigenvalue weighted by Crippen LogP contribution is -2.27. The summed E-state index contributed by atoms with van der Waals surface area (Å²) in [6, 6.07) is 8.11. The van der Waals surface area contributed by atoms with Crippen LogP contribution in [-0.2, 0) is 11.2 Å². The van der Waals surface area contributed by atoms with Gasteiger partial charge in [0.05, 0.1) is 0 Å². The monoisotopic (exact) mass is 279 g/mol. The van der Waals surface area contributed by atoms with Gasteiger partial charge in [0.15, 0.2) is 6.10 Å². The Morgan fingerprint density at radius 1 is 1.30 bits per heavy atom. The minimum absolute atomic E-state index is 0.429. The Labute approximate surface area is 121 Å². The first kappa shape index (κ1) is 16.5. The molecule has 0 bridgehead atoms. The number of benzene rings is 1. The fourth-order valence-corrected chi connectivity index (χ4v) is 2.14. The molecule has 0 heterocycles. The normalized spacial score (nSPS) is 13.8. The van der Waals surface area contributed by atoms with Crippen molar-refractivity contribution in [2.45, 2.75) is 52.2 Å². The van der Waals surface area contributed by atoms with Gasteiger partial charge in [-0.25, -0.2) is 4.79 Å². The van der Waals surface area contributed by atoms with Crippen LogP contribution in [-0.4, -0.2) is 29.8 Å². The number of ether oxygens (including phenoxy) is 1. The Hall–Kier alpha value is -1.55. The van der Waals surface area contributed by atoms with Crippen LogP contribution < -0.4 is 10.1 Å². The van der Waals surface area contributed by atoms with Crippen molar-refractivity contribution in [3.63, 3.8) is 0 Å². The number of aliphatic carboxylic acids is 1. The van der Waals surface area contributed by atoms with E-state index in [1.807, 2.05) is 31.2 Å². The van der Waals surface area contributed by atoms with E-state index >= 15 is 0 Å². The fraction of sp³-hybridized carbons (Fsp3) is 0.562. The van der Waals surface area contributed by atoms with Crippen LogP contribution in [0.3, 0.4) is 0 Å². The summed E-state index contributed by atoms with van der Waals surface area (Å²) in [5, 5.41) is 12.4. The fourth-order valence-electron chi connectivity index (χ4n) is 2.14. The largest absolute Gasteiger partial charge is 0.479 e. The zero-order valence-corrected chi connectivity index (χ0v) is 12.6. The van der Waals surface area contributed by atoms with Crippen molar-refractivity contribution < 1.29 is 14.6 Å². The summed E-state index contributed by atoms with van der Waals surface area (Å²) in [5.41, 5.74) is 1.22. The summed E-state index contributed by atoms with van der Waals surface area (Å²) >= 11 is 0. The lowest BCUT2D eigenvalue weighted by Gasteiger charge is -2.15. The first-order chi connectivity index (χ1) is 9.56. The lowest BCUT2D eigenvalue weighted by molar-refractivity contribution is -0.145. The van der Waals surface area contributed by atoms with E-state index in [1.165, 1.54) is 5.56 Å². The van der Waals surface area contributed by atoms with Crippen LogP contribution in [0.1, 0.15) is 39.2 Å². The van der Waals surface area contributed by atoms with E-state index in [4.69, 9.17) is 9.84 Å². The number of nitrogens with one attached hydrogen (secondary N) is 1. The lowest BCUT2D eigenvalue weighted by atomic mass is 10.1. The smallest absolute Gasteiger partial charge is 0.344 e. The molecule has 1 aromatic carbocycles. The maximum atomic E-state index is 11.0. The van der Waals surface area contributed by atoms with Crippen LogP contribution in [0.5, 0.6) is 5.75 Å². The van der Waals surface area contributed by atoms with E-state index in [0.29, 0.717) is 18.2 Å². The maximum absolute atomic E-state index is 11.0. The molecule has 2 N–H and O–H groups in total. The molecule has 0 aliphatic heterocycles. The van der Waals surface area contributed by atoms with Gasteiger partial charge in [0.25, 0.3) is 0 Å². The molecule has 1 aromatic rings. The Balaban J connectivity index is 2.59. The molecule has 0 spiro atoms. The van der Waals surface area contributed by atoms with Crippen molar-refractivity contribution in [3.8, 4) is 5.75 Å². The molecule has 0 aliphatic rings. The van der Waals surface area contributed by atoms with Gasteiger partial charge in [-0.2, -0.15) is 0 Å². The quantitative estimate of drug-likeness (QED) is 0.730. The van der Waals surface area contributed by atoms with Crippen LogP contribution in [0.2, 0.25) is 0 Å². The first-order valence-corrected chi connectivity index (χ1v) is 7.28. The topological polar surface area (TPSA) is 58.6 Å². The summed E-state index contributed by atoms with van der Waals surface area (Å²) in [6.45, 7) is 7.15. The summed E-state index contributed by atoms with van der Waals surface area (Å²) in [4.78, 5) is 11.0. The predicted octanol–water partition coefficient (Wildman–Crippen LogP) is 2.86. The van der Waals surface area contributed by atoms with E-state index in [-0.39, 0.29) is 0 Å². The van der Waals surface area contributed by atoms with Crippen LogP contribution in [0.4, 0.5) is 0 Å². The average Bonchev–Trinajstić information content (AvgIpc) is 2.40. The van der Waals surface area contributed by atoms with Crippen molar-refractivity contribution in [3.05, 3.63) is 29.8 Å². The van der Waals surface area contributed by atoms with Crippen molar-refractivity contribution in [1.29, 1.82) is 0 Å². The molecule has 0 aromatic heterocycles. The Morgan fingerprint density at radius 2 is 1.95 bits per heavy atom. The molecule has 0 saturated carbocycles. The van der Waals surface area contributed by atoms with Gasteiger partial charge < -0.3 is 15.2 Å². The minimum atomic E-state index is -0.906. The van der Waals surface area contributed by atoms with Gasteiger partial charge in [-0.1, -0.05) is 32.4 Å². The second-order valence-corrected chi connectivity index (χ2v) is 5.04. The molecule has 1 rings (SSSR count). The second kappa shape index (κ2) is 8.59. The molecule has 2 atom stereocenters. The number of carbonyl (C=O) groups is 1. The van der Waals surface area contributed by atoms with E-state index in [0.717, 1.165) is 19.4 Å². The van der Waals surface area contributed by atoms with Gasteiger partial charge in [-0.3, -0.25) is 0 Å². The number of carboxylic acid groups (broad SMARTS) is 1. The number of hydrogen-bond donors (Lipinski definition) is 2. The van der Waals surface area contributed by atoms with Crippen LogP contribution in [0, 0.1) is 0 Å². The van der Waals surface area contributed by atoms with Gasteiger partial charge in [0.1, 0.15) is 5.75 Å². The van der Waals surface area contributed by atoms with Crippen LogP contribution in [0.25, 0.3) is 0 Å². The Morgan fingerprint density at radius 3 is 2.45 bits per heavy atom. The van der Waals surface area contributed by atoms with E-state index in [9.17, 15) is 4.79 Å². The van der Waals surface area contributed by atoms with Gasteiger partial charge in [0, 0.05) is 6.04 Å². The molecule has 0 radical (unpaired) electrons. The zero-order valence-electron chi connectivity index (χ0n) is 12.6. The third kappa shape index (κ3) is 5.61. The van der Waals surface area contributed by atoms with Crippen LogP contribution >= 0.6 is 0 Å². The van der Waals surface area contributed by atoms with Crippen molar-refractivity contribution in [2.75, 3.05) is 6.54 Å². The Bertz CT molecular complexity index is 403. The van der Waals surface area contributed by atoms with E-state index in [1.54, 1.807) is 0 Å². The predicted molar refractivity (Wildman–Crippen MR) is 80.2 cm³/mol. The summed E-state index contributed by atoms with van der Waals surface area (Å²) in [6.07, 6.45) is 1.50. The van der Waals surface area contributed by atoms with Crippen molar-refractivity contribution in [2.24, 2.45) is 0 Å². The van der Waals surface area contributed by atoms with Gasteiger partial charge in [-0.05, 0) is 44.0 Å². The highest BCUT2D eigenvalue weighted by Gasteiger charge is 2.17. The number of rotatable bonds is 9. The van der Waals surface area contributed by atoms with Crippen molar-refractivity contribution >= 4 is 5.97 Å². The standard InChI is InChI=1S/C16H25NO3/c1-4-6-15(16(18)19)20-14-9-7-13(8-10-14)11-12(3)17-5-2/h7-10,12,15,17H,4-6,11H2,1-3H3,(H,18,19). The molecule has 4 heteroatoms. The van der Waals surface area contributed by atoms with Gasteiger partial charge in [0.2, 0.25) is 0 Å². The van der Waals surface area contributed by atoms with Crippen LogP contribution in [0.15, 0.2) is 24.3 Å². The molecule has 112 valence electrons. The Kier molecular flexibility index (Phi) is 7.09. The summed E-state index contributed by atoms with van der Waals surface area (Å²) in [7, 11) is 0. The molecular formula is C16H25NO3. The molecule has 20 heavy (non-hydrogen) atoms. The first-order valence-electron chi connectivity index (χ1n) is 7.28. The molecule has 2 unspecified atom stereocenters. The number of hydrogen-bond acceptors (Lipinski definition) is 3. The minimum Gasteiger partial charge on any atom is -0.479 e. The van der Waals surface area contributed by atoms with E-state index < -0.39 is 12.1 Å². The third-order valence-corrected chi connectivity index (χ3v) is 3.12. The highest BCUT2D eigenvalue weighted by molar-refractivity contribution is 5.72. The number of carboxylic acids is 1. The zero-order chi connectivity index (χ0) is 15.0. The SMILES string of the molecule is CCCC(Oc1ccc(CC(C)NCC)cc1)C(=O)O. The maximum Gasteiger partial charge on any atom is 0.344 e. The van der Waals surface area contributed by atoms with Gasteiger partial charge >= 0.3 is 5.97 Å². The number of likely N-dealkylation sites (N-methyl/N-ethyl adjacent to an activating group) is 1. The van der Waals surface area contributed by atoms with E-state index in [2.05, 4.69) is 19.2 Å². The average molecular weight is 279 g/mol. The molecular weight excluding hydrogens is 254 g/mol. The summed E-state index contributed by atoms with van der Waals surface area (Å²) < 4.78 is 5.51. The molecule has 0 fully saturated rings. The molecule has 0 aliphatic carbocycles. The molecule has 4 nitrogen and oxygen atoms in total. The van der Waals surface area contributed by atoms with Gasteiger partial charge in [-0.15, -0.1) is 0 Å². The van der Waals surface area contributed by atoms with Crippen molar-refractivity contribution in [1.82, 2.24) is 5.32 Å². The highest BCUT2D eigenvalue weighted by Crippen LogP contribution is 2.16. The third-order valence-electron chi connectivity index (χ3n) is 3.12.